The molecule has 1 atom stereocenters. The van der Waals surface area contributed by atoms with E-state index in [0.717, 1.165) is 0 Å². The SMILES string of the molecule is COC(=O)CC(=O)C(C)CCl. The highest BCUT2D eigenvalue weighted by molar-refractivity contribution is 6.19. The van der Waals surface area contributed by atoms with Gasteiger partial charge in [-0.25, -0.2) is 0 Å². The van der Waals surface area contributed by atoms with E-state index in [1.54, 1.807) is 6.92 Å². The van der Waals surface area contributed by atoms with Gasteiger partial charge in [0.15, 0.2) is 0 Å². The molecule has 3 nitrogen and oxygen atoms in total. The third kappa shape index (κ3) is 3.98. The number of esters is 1. The molecule has 0 radical (unpaired) electrons. The van der Waals surface area contributed by atoms with Gasteiger partial charge in [0.05, 0.1) is 7.11 Å². The number of alkyl halides is 1. The van der Waals surface area contributed by atoms with Crippen LogP contribution in [-0.2, 0) is 14.3 Å². The Hall–Kier alpha value is -0.570. The number of hydrogen-bond donors (Lipinski definition) is 0. The standard InChI is InChI=1S/C7H11ClO3/c1-5(4-8)6(9)3-7(10)11-2/h5H,3-4H2,1-2H3. The summed E-state index contributed by atoms with van der Waals surface area (Å²) in [6, 6.07) is 0. The van der Waals surface area contributed by atoms with Crippen molar-refractivity contribution in [3.8, 4) is 0 Å². The summed E-state index contributed by atoms with van der Waals surface area (Å²) in [6.45, 7) is 1.68. The molecular formula is C7H11ClO3. The first-order valence-corrected chi connectivity index (χ1v) is 3.80. The van der Waals surface area contributed by atoms with Crippen LogP contribution in [0.5, 0.6) is 0 Å². The summed E-state index contributed by atoms with van der Waals surface area (Å²) in [5, 5.41) is 0. The lowest BCUT2D eigenvalue weighted by molar-refractivity contribution is -0.143. The molecule has 0 amide bonds. The molecule has 0 aromatic carbocycles. The van der Waals surface area contributed by atoms with E-state index in [1.165, 1.54) is 7.11 Å². The van der Waals surface area contributed by atoms with E-state index in [4.69, 9.17) is 11.6 Å². The highest BCUT2D eigenvalue weighted by atomic mass is 35.5. The molecule has 0 heterocycles. The van der Waals surface area contributed by atoms with Crippen molar-refractivity contribution in [3.63, 3.8) is 0 Å². The molecule has 0 bridgehead atoms. The highest BCUT2D eigenvalue weighted by Crippen LogP contribution is 2.03. The predicted molar refractivity (Wildman–Crippen MR) is 41.5 cm³/mol. The first-order valence-electron chi connectivity index (χ1n) is 3.27. The number of carbonyl (C=O) groups excluding carboxylic acids is 2. The van der Waals surface area contributed by atoms with Gasteiger partial charge in [0, 0.05) is 11.8 Å². The Bertz CT molecular complexity index is 156. The van der Waals surface area contributed by atoms with Crippen molar-refractivity contribution in [2.75, 3.05) is 13.0 Å². The van der Waals surface area contributed by atoms with E-state index in [2.05, 4.69) is 4.74 Å². The average Bonchev–Trinajstić information content (AvgIpc) is 2.02. The molecule has 0 aliphatic carbocycles. The number of halogens is 1. The third-order valence-electron chi connectivity index (χ3n) is 1.33. The van der Waals surface area contributed by atoms with E-state index in [1.807, 2.05) is 0 Å². The van der Waals surface area contributed by atoms with Crippen LogP contribution in [0, 0.1) is 5.92 Å². The van der Waals surface area contributed by atoms with E-state index in [9.17, 15) is 9.59 Å². The maximum atomic E-state index is 11.0. The minimum absolute atomic E-state index is 0.174. The van der Waals surface area contributed by atoms with Crippen molar-refractivity contribution >= 4 is 23.4 Å². The van der Waals surface area contributed by atoms with Gasteiger partial charge in [-0.3, -0.25) is 9.59 Å². The zero-order valence-electron chi connectivity index (χ0n) is 6.59. The number of Topliss-reactive ketones (excluding diaryl/α,β-unsaturated/α-hetero) is 1. The Morgan fingerprint density at radius 1 is 1.55 bits per heavy atom. The Balaban J connectivity index is 3.77. The Morgan fingerprint density at radius 3 is 2.45 bits per heavy atom. The van der Waals surface area contributed by atoms with Crippen molar-refractivity contribution in [1.29, 1.82) is 0 Å². The second-order valence-corrected chi connectivity index (χ2v) is 2.58. The molecule has 4 heteroatoms. The molecule has 0 saturated heterocycles. The van der Waals surface area contributed by atoms with Crippen LogP contribution in [-0.4, -0.2) is 24.7 Å². The Kier molecular flexibility index (Phi) is 4.86. The maximum Gasteiger partial charge on any atom is 0.313 e. The minimum atomic E-state index is -0.507. The number of methoxy groups -OCH3 is 1. The second-order valence-electron chi connectivity index (χ2n) is 2.27. The van der Waals surface area contributed by atoms with Gasteiger partial charge in [-0.15, -0.1) is 11.6 Å². The summed E-state index contributed by atoms with van der Waals surface area (Å²) >= 11 is 5.40. The fourth-order valence-electron chi connectivity index (χ4n) is 0.475. The maximum absolute atomic E-state index is 11.0. The van der Waals surface area contributed by atoms with Gasteiger partial charge >= 0.3 is 5.97 Å². The molecule has 0 spiro atoms. The topological polar surface area (TPSA) is 43.4 Å². The summed E-state index contributed by atoms with van der Waals surface area (Å²) in [4.78, 5) is 21.5. The van der Waals surface area contributed by atoms with Crippen molar-refractivity contribution in [2.24, 2.45) is 5.92 Å². The Morgan fingerprint density at radius 2 is 2.09 bits per heavy atom. The molecule has 64 valence electrons. The quantitative estimate of drug-likeness (QED) is 0.366. The molecule has 11 heavy (non-hydrogen) atoms. The summed E-state index contributed by atoms with van der Waals surface area (Å²) in [6.07, 6.45) is -0.176. The van der Waals surface area contributed by atoms with E-state index in [-0.39, 0.29) is 24.0 Å². The van der Waals surface area contributed by atoms with Crippen LogP contribution in [0.1, 0.15) is 13.3 Å². The summed E-state index contributed by atoms with van der Waals surface area (Å²) in [5.41, 5.74) is 0. The van der Waals surface area contributed by atoms with Gasteiger partial charge < -0.3 is 4.74 Å². The molecule has 0 aliphatic heterocycles. The van der Waals surface area contributed by atoms with Gasteiger partial charge in [0.2, 0.25) is 0 Å². The van der Waals surface area contributed by atoms with Crippen LogP contribution in [0.2, 0.25) is 0 Å². The largest absolute Gasteiger partial charge is 0.469 e. The van der Waals surface area contributed by atoms with Gasteiger partial charge in [-0.2, -0.15) is 0 Å². The Labute approximate surface area is 70.7 Å². The normalized spacial score (nSPS) is 12.3. The molecular weight excluding hydrogens is 168 g/mol. The first-order chi connectivity index (χ1) is 5.11. The van der Waals surface area contributed by atoms with Crippen molar-refractivity contribution < 1.29 is 14.3 Å². The van der Waals surface area contributed by atoms with Crippen molar-refractivity contribution in [1.82, 2.24) is 0 Å². The van der Waals surface area contributed by atoms with Crippen molar-refractivity contribution in [3.05, 3.63) is 0 Å². The predicted octanol–water partition coefficient (Wildman–Crippen LogP) is 0.994. The highest BCUT2D eigenvalue weighted by Gasteiger charge is 2.15. The number of rotatable bonds is 4. The smallest absolute Gasteiger partial charge is 0.313 e. The molecule has 0 rings (SSSR count). The molecule has 0 saturated carbocycles. The summed E-state index contributed by atoms with van der Waals surface area (Å²) in [5.74, 6) is -0.704. The van der Waals surface area contributed by atoms with Crippen LogP contribution < -0.4 is 0 Å². The number of ether oxygens (including phenoxy) is 1. The monoisotopic (exact) mass is 178 g/mol. The first kappa shape index (κ1) is 10.4. The van der Waals surface area contributed by atoms with Crippen LogP contribution in [0.4, 0.5) is 0 Å². The van der Waals surface area contributed by atoms with Crippen LogP contribution in [0.25, 0.3) is 0 Å². The number of ketones is 1. The zero-order chi connectivity index (χ0) is 8.85. The molecule has 0 N–H and O–H groups in total. The van der Waals surface area contributed by atoms with E-state index >= 15 is 0 Å². The lowest BCUT2D eigenvalue weighted by Gasteiger charge is -2.03. The molecule has 0 aromatic rings. The summed E-state index contributed by atoms with van der Waals surface area (Å²) in [7, 11) is 1.25. The van der Waals surface area contributed by atoms with E-state index < -0.39 is 5.97 Å². The van der Waals surface area contributed by atoms with Crippen LogP contribution in [0.15, 0.2) is 0 Å². The van der Waals surface area contributed by atoms with Gasteiger partial charge in [0.25, 0.3) is 0 Å². The fraction of sp³-hybridized carbons (Fsp3) is 0.714. The van der Waals surface area contributed by atoms with Gasteiger partial charge in [-0.05, 0) is 0 Å². The van der Waals surface area contributed by atoms with Gasteiger partial charge in [0.1, 0.15) is 12.2 Å². The van der Waals surface area contributed by atoms with Crippen molar-refractivity contribution in [2.45, 2.75) is 13.3 Å². The third-order valence-corrected chi connectivity index (χ3v) is 1.79. The van der Waals surface area contributed by atoms with E-state index in [0.29, 0.717) is 0 Å². The lowest BCUT2D eigenvalue weighted by Crippen LogP contribution is -2.17. The second kappa shape index (κ2) is 5.13. The zero-order valence-corrected chi connectivity index (χ0v) is 7.35. The minimum Gasteiger partial charge on any atom is -0.469 e. The number of hydrogen-bond acceptors (Lipinski definition) is 3. The molecule has 0 aromatic heterocycles. The van der Waals surface area contributed by atoms with Crippen LogP contribution in [0.3, 0.4) is 0 Å². The molecule has 1 unspecified atom stereocenters. The van der Waals surface area contributed by atoms with Crippen LogP contribution >= 0.6 is 11.6 Å². The molecule has 0 aliphatic rings. The molecule has 0 fully saturated rings. The summed E-state index contributed by atoms with van der Waals surface area (Å²) < 4.78 is 4.31. The number of carbonyl (C=O) groups is 2. The lowest BCUT2D eigenvalue weighted by atomic mass is 10.1. The average molecular weight is 179 g/mol. The van der Waals surface area contributed by atoms with Gasteiger partial charge in [-0.1, -0.05) is 6.92 Å². The fourth-order valence-corrected chi connectivity index (χ4v) is 0.647.